The number of aliphatic hydroxyl groups is 1. The number of hydrogen-bond acceptors (Lipinski definition) is 4. The van der Waals surface area contributed by atoms with Crippen molar-refractivity contribution in [1.82, 2.24) is 18.9 Å². The van der Waals surface area contributed by atoms with E-state index in [4.69, 9.17) is 16.7 Å². The average molecular weight is 375 g/mol. The van der Waals surface area contributed by atoms with E-state index >= 15 is 0 Å². The van der Waals surface area contributed by atoms with Crippen LogP contribution in [0.3, 0.4) is 0 Å². The molecule has 0 aliphatic rings. The lowest BCUT2D eigenvalue weighted by Gasteiger charge is -2.17. The fourth-order valence-electron chi connectivity index (χ4n) is 2.84. The van der Waals surface area contributed by atoms with Gasteiger partial charge in [0.15, 0.2) is 0 Å². The number of benzene rings is 1. The number of aromatic nitrogens is 3. The van der Waals surface area contributed by atoms with Crippen LogP contribution in [0.5, 0.6) is 0 Å². The molecule has 2 heterocycles. The molecule has 0 radical (unpaired) electrons. The van der Waals surface area contributed by atoms with Crippen LogP contribution in [0.2, 0.25) is 5.02 Å². The van der Waals surface area contributed by atoms with E-state index in [0.29, 0.717) is 22.8 Å². The maximum Gasteiger partial charge on any atom is 0.294 e. The average Bonchev–Trinajstić information content (AvgIpc) is 3.07. The third-order valence-corrected chi connectivity index (χ3v) is 4.59. The van der Waals surface area contributed by atoms with Crippen LogP contribution in [-0.4, -0.2) is 49.6 Å². The predicted molar refractivity (Wildman–Crippen MR) is 99.5 cm³/mol. The molecular formula is C18H19ClN4O3. The number of halogens is 1. The van der Waals surface area contributed by atoms with Gasteiger partial charge in [-0.25, -0.2) is 4.98 Å². The third kappa shape index (κ3) is 3.11. The zero-order chi connectivity index (χ0) is 18.8. The summed E-state index contributed by atoms with van der Waals surface area (Å²) in [6.45, 7) is 2.34. The fraction of sp³-hybridized carbons (Fsp3) is 0.278. The number of amides is 1. The lowest BCUT2D eigenvalue weighted by atomic mass is 10.1. The van der Waals surface area contributed by atoms with Crippen LogP contribution >= 0.6 is 11.6 Å². The van der Waals surface area contributed by atoms with E-state index in [1.165, 1.54) is 15.7 Å². The van der Waals surface area contributed by atoms with Crippen molar-refractivity contribution in [3.8, 4) is 11.3 Å². The summed E-state index contributed by atoms with van der Waals surface area (Å²) >= 11 is 6.26. The van der Waals surface area contributed by atoms with Crippen LogP contribution in [0.4, 0.5) is 0 Å². The first-order chi connectivity index (χ1) is 12.5. The first-order valence-electron chi connectivity index (χ1n) is 8.21. The zero-order valence-corrected chi connectivity index (χ0v) is 15.3. The summed E-state index contributed by atoms with van der Waals surface area (Å²) in [5.74, 6) is -0.327. The van der Waals surface area contributed by atoms with Crippen molar-refractivity contribution >= 4 is 23.2 Å². The van der Waals surface area contributed by atoms with E-state index in [-0.39, 0.29) is 36.0 Å². The second-order valence-corrected chi connectivity index (χ2v) is 6.23. The number of aliphatic hydroxyl groups excluding tert-OH is 1. The molecular weight excluding hydrogens is 356 g/mol. The van der Waals surface area contributed by atoms with Crippen molar-refractivity contribution in [3.63, 3.8) is 0 Å². The molecule has 2 aromatic heterocycles. The Morgan fingerprint density at radius 3 is 2.69 bits per heavy atom. The SMILES string of the molecule is CCN(CCO)C(=O)c1cn2cc(-c3ccccc3Cl)n(C)c(=O)c2n1. The van der Waals surface area contributed by atoms with E-state index in [9.17, 15) is 9.59 Å². The largest absolute Gasteiger partial charge is 0.395 e. The summed E-state index contributed by atoms with van der Waals surface area (Å²) in [6, 6.07) is 7.23. The van der Waals surface area contributed by atoms with Gasteiger partial charge in [0.1, 0.15) is 5.69 Å². The highest BCUT2D eigenvalue weighted by atomic mass is 35.5. The molecule has 3 rings (SSSR count). The molecule has 1 amide bonds. The van der Waals surface area contributed by atoms with Crippen LogP contribution in [-0.2, 0) is 7.05 Å². The van der Waals surface area contributed by atoms with Gasteiger partial charge in [-0.3, -0.25) is 14.0 Å². The number of rotatable bonds is 5. The molecule has 1 aromatic carbocycles. The van der Waals surface area contributed by atoms with Crippen LogP contribution in [0.1, 0.15) is 17.4 Å². The second kappa shape index (κ2) is 7.31. The number of imidazole rings is 1. The quantitative estimate of drug-likeness (QED) is 0.738. The summed E-state index contributed by atoms with van der Waals surface area (Å²) in [6.07, 6.45) is 3.25. The zero-order valence-electron chi connectivity index (χ0n) is 14.5. The van der Waals surface area contributed by atoms with Gasteiger partial charge in [0.2, 0.25) is 5.65 Å². The first-order valence-corrected chi connectivity index (χ1v) is 8.59. The third-order valence-electron chi connectivity index (χ3n) is 4.26. The van der Waals surface area contributed by atoms with Gasteiger partial charge in [0.25, 0.3) is 11.5 Å². The molecule has 0 saturated heterocycles. The van der Waals surface area contributed by atoms with E-state index in [1.54, 1.807) is 23.7 Å². The topological polar surface area (TPSA) is 79.8 Å². The van der Waals surface area contributed by atoms with Gasteiger partial charge in [0, 0.05) is 43.1 Å². The van der Waals surface area contributed by atoms with Crippen LogP contribution < -0.4 is 5.56 Å². The minimum absolute atomic E-state index is 0.134. The Labute approximate surface area is 155 Å². The lowest BCUT2D eigenvalue weighted by Crippen LogP contribution is -2.33. The summed E-state index contributed by atoms with van der Waals surface area (Å²) in [7, 11) is 1.64. The monoisotopic (exact) mass is 374 g/mol. The molecule has 136 valence electrons. The van der Waals surface area contributed by atoms with Crippen LogP contribution in [0, 0.1) is 0 Å². The highest BCUT2D eigenvalue weighted by molar-refractivity contribution is 6.33. The van der Waals surface area contributed by atoms with Crippen LogP contribution in [0.25, 0.3) is 16.9 Å². The molecule has 0 unspecified atom stereocenters. The first kappa shape index (κ1) is 18.2. The Hall–Kier alpha value is -2.64. The molecule has 0 spiro atoms. The summed E-state index contributed by atoms with van der Waals surface area (Å²) in [5.41, 5.74) is 1.33. The standard InChI is InChI=1S/C18H19ClN4O3/c1-3-22(8-9-24)17(25)14-10-23-11-15(12-6-4-5-7-13(12)19)21(2)18(26)16(23)20-14/h4-7,10-11,24H,3,8-9H2,1-2H3. The van der Waals surface area contributed by atoms with E-state index in [0.717, 1.165) is 0 Å². The Bertz CT molecular complexity index is 1020. The van der Waals surface area contributed by atoms with Gasteiger partial charge in [-0.05, 0) is 13.0 Å². The minimum Gasteiger partial charge on any atom is -0.395 e. The lowest BCUT2D eigenvalue weighted by molar-refractivity contribution is 0.0727. The second-order valence-electron chi connectivity index (χ2n) is 5.82. The van der Waals surface area contributed by atoms with Crippen molar-refractivity contribution in [2.45, 2.75) is 6.92 Å². The maximum atomic E-state index is 12.7. The molecule has 3 aromatic rings. The Morgan fingerprint density at radius 2 is 2.04 bits per heavy atom. The molecule has 0 atom stereocenters. The number of likely N-dealkylation sites (N-methyl/N-ethyl adjacent to an activating group) is 1. The fourth-order valence-corrected chi connectivity index (χ4v) is 3.07. The minimum atomic E-state index is -0.327. The van der Waals surface area contributed by atoms with E-state index in [1.807, 2.05) is 25.1 Å². The molecule has 1 N–H and O–H groups in total. The van der Waals surface area contributed by atoms with Gasteiger partial charge >= 0.3 is 0 Å². The van der Waals surface area contributed by atoms with Crippen molar-refractivity contribution in [1.29, 1.82) is 0 Å². The summed E-state index contributed by atoms with van der Waals surface area (Å²) in [4.78, 5) is 30.9. The molecule has 7 nitrogen and oxygen atoms in total. The molecule has 0 saturated carbocycles. The highest BCUT2D eigenvalue weighted by Crippen LogP contribution is 2.26. The van der Waals surface area contributed by atoms with Gasteiger partial charge in [-0.15, -0.1) is 0 Å². The van der Waals surface area contributed by atoms with Crippen LogP contribution in [0.15, 0.2) is 41.5 Å². The Balaban J connectivity index is 2.14. The number of nitrogens with zero attached hydrogens (tertiary/aromatic N) is 4. The predicted octanol–water partition coefficient (Wildman–Crippen LogP) is 1.81. The summed E-state index contributed by atoms with van der Waals surface area (Å²) < 4.78 is 3.00. The number of carbonyl (C=O) groups excluding carboxylic acids is 1. The van der Waals surface area contributed by atoms with Crippen molar-refractivity contribution in [2.75, 3.05) is 19.7 Å². The van der Waals surface area contributed by atoms with Gasteiger partial charge in [-0.2, -0.15) is 0 Å². The van der Waals surface area contributed by atoms with Crippen molar-refractivity contribution in [2.24, 2.45) is 7.05 Å². The number of hydrogen-bond donors (Lipinski definition) is 1. The normalized spacial score (nSPS) is 11.1. The smallest absolute Gasteiger partial charge is 0.294 e. The molecule has 0 aliphatic heterocycles. The van der Waals surface area contributed by atoms with E-state index in [2.05, 4.69) is 4.98 Å². The molecule has 26 heavy (non-hydrogen) atoms. The number of fused-ring (bicyclic) bond motifs is 1. The molecule has 0 fully saturated rings. The molecule has 0 bridgehead atoms. The van der Waals surface area contributed by atoms with Gasteiger partial charge < -0.3 is 14.6 Å². The Kier molecular flexibility index (Phi) is 5.11. The van der Waals surface area contributed by atoms with Crippen molar-refractivity contribution in [3.05, 3.63) is 57.7 Å². The van der Waals surface area contributed by atoms with Crippen molar-refractivity contribution < 1.29 is 9.90 Å². The van der Waals surface area contributed by atoms with E-state index < -0.39 is 0 Å². The molecule has 8 heteroatoms. The summed E-state index contributed by atoms with van der Waals surface area (Å²) in [5, 5.41) is 9.61. The molecule has 0 aliphatic carbocycles. The van der Waals surface area contributed by atoms with Gasteiger partial charge in [0.05, 0.1) is 12.3 Å². The highest BCUT2D eigenvalue weighted by Gasteiger charge is 2.20. The number of carbonyl (C=O) groups is 1. The van der Waals surface area contributed by atoms with Gasteiger partial charge in [-0.1, -0.05) is 29.8 Å². The Morgan fingerprint density at radius 1 is 1.31 bits per heavy atom. The maximum absolute atomic E-state index is 12.7.